The normalized spacial score (nSPS) is 11.4. The van der Waals surface area contributed by atoms with E-state index in [0.717, 1.165) is 6.07 Å². The van der Waals surface area contributed by atoms with Gasteiger partial charge in [0.2, 0.25) is 10.0 Å². The third-order valence-electron chi connectivity index (χ3n) is 3.70. The lowest BCUT2D eigenvalue weighted by Gasteiger charge is -2.20. The Morgan fingerprint density at radius 3 is 2.52 bits per heavy atom. The van der Waals surface area contributed by atoms with Crippen molar-refractivity contribution in [1.29, 1.82) is 0 Å². The second kappa shape index (κ2) is 9.16. The maximum atomic E-state index is 13.2. The highest BCUT2D eigenvalue weighted by molar-refractivity contribution is 7.89. The average Bonchev–Trinajstić information content (AvgIpc) is 2.61. The van der Waals surface area contributed by atoms with E-state index in [0.29, 0.717) is 0 Å². The van der Waals surface area contributed by atoms with Gasteiger partial charge in [-0.25, -0.2) is 12.8 Å². The van der Waals surface area contributed by atoms with Gasteiger partial charge in [-0.3, -0.25) is 4.79 Å². The zero-order valence-electron chi connectivity index (χ0n) is 14.9. The van der Waals surface area contributed by atoms with Crippen LogP contribution in [0.1, 0.15) is 13.8 Å². The summed E-state index contributed by atoms with van der Waals surface area (Å²) in [5.41, 5.74) is 0.274. The maximum Gasteiger partial charge on any atom is 0.262 e. The molecule has 2 aromatic rings. The van der Waals surface area contributed by atoms with Gasteiger partial charge in [-0.05, 0) is 36.4 Å². The number of anilines is 1. The van der Waals surface area contributed by atoms with Crippen LogP contribution in [-0.2, 0) is 14.8 Å². The fourth-order valence-corrected chi connectivity index (χ4v) is 4.26. The summed E-state index contributed by atoms with van der Waals surface area (Å²) in [6, 6.07) is 9.56. The Morgan fingerprint density at radius 2 is 1.89 bits per heavy atom. The monoisotopic (exact) mass is 414 g/mol. The minimum atomic E-state index is -3.82. The first kappa shape index (κ1) is 21.1. The average molecular weight is 415 g/mol. The van der Waals surface area contributed by atoms with Crippen LogP contribution < -0.4 is 10.1 Å². The number of rotatable bonds is 8. The summed E-state index contributed by atoms with van der Waals surface area (Å²) < 4.78 is 45.4. The lowest BCUT2D eigenvalue weighted by molar-refractivity contribution is -0.118. The lowest BCUT2D eigenvalue weighted by atomic mass is 10.3. The first-order valence-electron chi connectivity index (χ1n) is 8.25. The summed E-state index contributed by atoms with van der Waals surface area (Å²) in [5.74, 6) is -1.03. The number of amides is 1. The van der Waals surface area contributed by atoms with Crippen LogP contribution in [0.5, 0.6) is 5.75 Å². The maximum absolute atomic E-state index is 13.2. The molecule has 0 saturated heterocycles. The number of hydrogen-bond acceptors (Lipinski definition) is 4. The molecule has 0 aliphatic carbocycles. The zero-order chi connectivity index (χ0) is 20.0. The molecule has 0 saturated carbocycles. The minimum Gasteiger partial charge on any atom is -0.482 e. The fourth-order valence-electron chi connectivity index (χ4n) is 2.41. The van der Waals surface area contributed by atoms with Crippen LogP contribution in [-0.4, -0.2) is 38.3 Å². The fraction of sp³-hybridized carbons (Fsp3) is 0.278. The molecule has 0 radical (unpaired) electrons. The number of sulfonamides is 1. The predicted octanol–water partition coefficient (Wildman–Crippen LogP) is 3.53. The molecule has 6 nitrogen and oxygen atoms in total. The number of carbonyl (C=O) groups excluding carboxylic acids is 1. The van der Waals surface area contributed by atoms with Crippen LogP contribution in [0, 0.1) is 5.82 Å². The Hall–Kier alpha value is -2.16. The van der Waals surface area contributed by atoms with E-state index in [2.05, 4.69) is 5.32 Å². The van der Waals surface area contributed by atoms with E-state index in [4.69, 9.17) is 16.3 Å². The van der Waals surface area contributed by atoms with Gasteiger partial charge in [-0.15, -0.1) is 0 Å². The van der Waals surface area contributed by atoms with E-state index in [-0.39, 0.29) is 34.4 Å². The van der Waals surface area contributed by atoms with Gasteiger partial charge in [0.05, 0.1) is 0 Å². The van der Waals surface area contributed by atoms with Crippen LogP contribution in [0.4, 0.5) is 10.1 Å². The molecule has 27 heavy (non-hydrogen) atoms. The van der Waals surface area contributed by atoms with Gasteiger partial charge in [0.25, 0.3) is 5.91 Å². The van der Waals surface area contributed by atoms with Crippen molar-refractivity contribution in [3.05, 3.63) is 53.3 Å². The number of carbonyl (C=O) groups is 1. The Labute approximate surface area is 162 Å². The first-order valence-corrected chi connectivity index (χ1v) is 10.1. The molecule has 2 aromatic carbocycles. The summed E-state index contributed by atoms with van der Waals surface area (Å²) in [6.07, 6.45) is 0. The largest absolute Gasteiger partial charge is 0.482 e. The van der Waals surface area contributed by atoms with Crippen molar-refractivity contribution < 1.29 is 22.3 Å². The van der Waals surface area contributed by atoms with E-state index in [1.807, 2.05) is 0 Å². The number of hydrogen-bond donors (Lipinski definition) is 1. The third kappa shape index (κ3) is 5.41. The topological polar surface area (TPSA) is 75.7 Å². The molecule has 0 bridgehead atoms. The molecular formula is C18H20ClFN2O4S. The first-order chi connectivity index (χ1) is 12.8. The van der Waals surface area contributed by atoms with Gasteiger partial charge < -0.3 is 10.1 Å². The van der Waals surface area contributed by atoms with E-state index in [1.165, 1.54) is 40.7 Å². The van der Waals surface area contributed by atoms with Crippen LogP contribution in [0.25, 0.3) is 0 Å². The molecule has 0 heterocycles. The molecule has 0 aliphatic heterocycles. The standard InChI is InChI=1S/C18H20ClFN2O4S/c1-3-22(4-2)27(24,25)17-10-13(19)8-9-16(17)26-12-18(23)21-15-7-5-6-14(20)11-15/h5-11H,3-4,12H2,1-2H3,(H,21,23). The molecule has 0 fully saturated rings. The van der Waals surface area contributed by atoms with E-state index >= 15 is 0 Å². The number of halogens is 2. The van der Waals surface area contributed by atoms with Gasteiger partial charge in [-0.1, -0.05) is 31.5 Å². The Kier molecular flexibility index (Phi) is 7.18. The van der Waals surface area contributed by atoms with Gasteiger partial charge in [0.15, 0.2) is 6.61 Å². The van der Waals surface area contributed by atoms with Crippen molar-refractivity contribution in [3.63, 3.8) is 0 Å². The summed E-state index contributed by atoms with van der Waals surface area (Å²) in [6.45, 7) is 3.56. The molecular weight excluding hydrogens is 395 g/mol. The molecule has 0 atom stereocenters. The van der Waals surface area contributed by atoms with Crippen LogP contribution in [0.3, 0.4) is 0 Å². The third-order valence-corrected chi connectivity index (χ3v) is 6.00. The van der Waals surface area contributed by atoms with Crippen molar-refractivity contribution in [2.45, 2.75) is 18.7 Å². The summed E-state index contributed by atoms with van der Waals surface area (Å²) >= 11 is 5.95. The van der Waals surface area contributed by atoms with Crippen LogP contribution >= 0.6 is 11.6 Å². The molecule has 146 valence electrons. The number of nitrogens with zero attached hydrogens (tertiary/aromatic N) is 1. The Morgan fingerprint density at radius 1 is 1.19 bits per heavy atom. The number of ether oxygens (including phenoxy) is 1. The smallest absolute Gasteiger partial charge is 0.262 e. The molecule has 2 rings (SSSR count). The highest BCUT2D eigenvalue weighted by atomic mass is 35.5. The lowest BCUT2D eigenvalue weighted by Crippen LogP contribution is -2.31. The van der Waals surface area contributed by atoms with Gasteiger partial charge in [-0.2, -0.15) is 4.31 Å². The van der Waals surface area contributed by atoms with Crippen molar-refractivity contribution in [2.75, 3.05) is 25.0 Å². The summed E-state index contributed by atoms with van der Waals surface area (Å²) in [4.78, 5) is 11.9. The molecule has 1 amide bonds. The second-order valence-corrected chi connectivity index (χ2v) is 7.87. The molecule has 9 heteroatoms. The Bertz CT molecular complexity index is 917. The number of nitrogens with one attached hydrogen (secondary N) is 1. The highest BCUT2D eigenvalue weighted by Crippen LogP contribution is 2.29. The van der Waals surface area contributed by atoms with Crippen molar-refractivity contribution in [1.82, 2.24) is 4.31 Å². The summed E-state index contributed by atoms with van der Waals surface area (Å²) in [5, 5.41) is 2.71. The van der Waals surface area contributed by atoms with Gasteiger partial charge in [0, 0.05) is 23.8 Å². The van der Waals surface area contributed by atoms with Gasteiger partial charge in [0.1, 0.15) is 16.5 Å². The zero-order valence-corrected chi connectivity index (χ0v) is 16.5. The minimum absolute atomic E-state index is 0.0145. The predicted molar refractivity (Wildman–Crippen MR) is 102 cm³/mol. The van der Waals surface area contributed by atoms with E-state index < -0.39 is 28.4 Å². The van der Waals surface area contributed by atoms with Crippen LogP contribution in [0.15, 0.2) is 47.4 Å². The van der Waals surface area contributed by atoms with Crippen LogP contribution in [0.2, 0.25) is 5.02 Å². The molecule has 0 aromatic heterocycles. The van der Waals surface area contributed by atoms with E-state index in [1.54, 1.807) is 13.8 Å². The van der Waals surface area contributed by atoms with Crippen molar-refractivity contribution in [3.8, 4) is 5.75 Å². The quantitative estimate of drug-likeness (QED) is 0.717. The molecule has 0 aliphatic rings. The summed E-state index contributed by atoms with van der Waals surface area (Å²) in [7, 11) is -3.82. The SMILES string of the molecule is CCN(CC)S(=O)(=O)c1cc(Cl)ccc1OCC(=O)Nc1cccc(F)c1. The highest BCUT2D eigenvalue weighted by Gasteiger charge is 2.26. The van der Waals surface area contributed by atoms with Crippen molar-refractivity contribution >= 4 is 33.2 Å². The Balaban J connectivity index is 2.18. The molecule has 0 spiro atoms. The molecule has 0 unspecified atom stereocenters. The van der Waals surface area contributed by atoms with Gasteiger partial charge >= 0.3 is 0 Å². The van der Waals surface area contributed by atoms with Crippen molar-refractivity contribution in [2.24, 2.45) is 0 Å². The molecule has 1 N–H and O–H groups in total. The second-order valence-electron chi connectivity index (χ2n) is 5.53. The number of benzene rings is 2. The van der Waals surface area contributed by atoms with E-state index in [9.17, 15) is 17.6 Å².